The van der Waals surface area contributed by atoms with Gasteiger partial charge < -0.3 is 10.2 Å². The number of amides is 2. The molecule has 1 N–H and O–H groups in total. The summed E-state index contributed by atoms with van der Waals surface area (Å²) >= 11 is 7.69. The first kappa shape index (κ1) is 25.7. The fourth-order valence-electron chi connectivity index (χ4n) is 2.91. The standard InChI is InChI=1S/C23H28ClN3O4S/c1-4-16(2)25-23(29)17(3)26(13-19-7-5-6-8-21(19)24)22(28)15-32-14-18-9-11-20(12-10-18)27(30)31/h5-12,16-17H,4,13-15H2,1-3H3,(H,25,29)/t16-,17-/m0/s1. The minimum atomic E-state index is -0.659. The molecule has 7 nitrogen and oxygen atoms in total. The number of hydrogen-bond acceptors (Lipinski definition) is 5. The van der Waals surface area contributed by atoms with Crippen molar-refractivity contribution in [3.05, 3.63) is 74.8 Å². The minimum Gasteiger partial charge on any atom is -0.352 e. The van der Waals surface area contributed by atoms with Crippen molar-refractivity contribution in [2.24, 2.45) is 0 Å². The highest BCUT2D eigenvalue weighted by Crippen LogP contribution is 2.21. The first-order chi connectivity index (χ1) is 15.2. The number of non-ortho nitro benzene ring substituents is 1. The van der Waals surface area contributed by atoms with E-state index in [4.69, 9.17) is 11.6 Å². The van der Waals surface area contributed by atoms with Gasteiger partial charge in [0.1, 0.15) is 6.04 Å². The molecular formula is C23H28ClN3O4S. The monoisotopic (exact) mass is 477 g/mol. The predicted octanol–water partition coefficient (Wildman–Crippen LogP) is 4.81. The van der Waals surface area contributed by atoms with Crippen LogP contribution in [-0.4, -0.2) is 39.5 Å². The average molecular weight is 478 g/mol. The molecule has 2 aromatic carbocycles. The van der Waals surface area contributed by atoms with Gasteiger partial charge in [-0.2, -0.15) is 0 Å². The largest absolute Gasteiger partial charge is 0.352 e. The zero-order chi connectivity index (χ0) is 23.7. The van der Waals surface area contributed by atoms with Crippen LogP contribution in [0, 0.1) is 10.1 Å². The van der Waals surface area contributed by atoms with Crippen molar-refractivity contribution in [1.29, 1.82) is 0 Å². The molecule has 0 spiro atoms. The third-order valence-electron chi connectivity index (χ3n) is 5.11. The van der Waals surface area contributed by atoms with Crippen LogP contribution in [0.3, 0.4) is 0 Å². The SMILES string of the molecule is CC[C@H](C)NC(=O)[C@H](C)N(Cc1ccccc1Cl)C(=O)CSCc1ccc([N+](=O)[O-])cc1. The van der Waals surface area contributed by atoms with Crippen molar-refractivity contribution in [1.82, 2.24) is 10.2 Å². The van der Waals surface area contributed by atoms with Gasteiger partial charge in [0.25, 0.3) is 5.69 Å². The van der Waals surface area contributed by atoms with E-state index in [1.54, 1.807) is 30.0 Å². The third kappa shape index (κ3) is 7.53. The Hall–Kier alpha value is -2.58. The molecule has 0 aliphatic heterocycles. The van der Waals surface area contributed by atoms with E-state index in [2.05, 4.69) is 5.32 Å². The van der Waals surface area contributed by atoms with Crippen molar-refractivity contribution in [2.45, 2.75) is 51.6 Å². The van der Waals surface area contributed by atoms with Crippen LogP contribution in [0.25, 0.3) is 0 Å². The first-order valence-corrected chi connectivity index (χ1v) is 11.9. The molecule has 2 aromatic rings. The lowest BCUT2D eigenvalue weighted by Gasteiger charge is -2.30. The van der Waals surface area contributed by atoms with E-state index in [-0.39, 0.29) is 35.8 Å². The molecular weight excluding hydrogens is 450 g/mol. The molecule has 0 aromatic heterocycles. The topological polar surface area (TPSA) is 92.6 Å². The number of thioether (sulfide) groups is 1. The number of benzene rings is 2. The van der Waals surface area contributed by atoms with Crippen molar-refractivity contribution < 1.29 is 14.5 Å². The van der Waals surface area contributed by atoms with Gasteiger partial charge in [-0.3, -0.25) is 19.7 Å². The summed E-state index contributed by atoms with van der Waals surface area (Å²) in [6.45, 7) is 5.85. The summed E-state index contributed by atoms with van der Waals surface area (Å²) in [6, 6.07) is 12.9. The minimum absolute atomic E-state index is 0.0127. The van der Waals surface area contributed by atoms with Crippen molar-refractivity contribution >= 4 is 40.9 Å². The number of nitrogens with zero attached hydrogens (tertiary/aromatic N) is 2. The van der Waals surface area contributed by atoms with Gasteiger partial charge in [0.15, 0.2) is 0 Å². The van der Waals surface area contributed by atoms with Gasteiger partial charge in [0.05, 0.1) is 10.7 Å². The fraction of sp³-hybridized carbons (Fsp3) is 0.391. The highest BCUT2D eigenvalue weighted by Gasteiger charge is 2.27. The van der Waals surface area contributed by atoms with Crippen molar-refractivity contribution in [3.8, 4) is 0 Å². The third-order valence-corrected chi connectivity index (χ3v) is 6.47. The maximum absolute atomic E-state index is 13.1. The lowest BCUT2D eigenvalue weighted by Crippen LogP contribution is -2.50. The summed E-state index contributed by atoms with van der Waals surface area (Å²) in [5, 5.41) is 14.3. The molecule has 9 heteroatoms. The smallest absolute Gasteiger partial charge is 0.269 e. The first-order valence-electron chi connectivity index (χ1n) is 10.4. The van der Waals surface area contributed by atoms with Gasteiger partial charge in [0, 0.05) is 35.5 Å². The Labute approximate surface area is 197 Å². The van der Waals surface area contributed by atoms with Gasteiger partial charge in [-0.25, -0.2) is 0 Å². The molecule has 2 atom stereocenters. The van der Waals surface area contributed by atoms with E-state index >= 15 is 0 Å². The van der Waals surface area contributed by atoms with Crippen LogP contribution >= 0.6 is 23.4 Å². The lowest BCUT2D eigenvalue weighted by molar-refractivity contribution is -0.384. The van der Waals surface area contributed by atoms with Crippen molar-refractivity contribution in [2.75, 3.05) is 5.75 Å². The van der Waals surface area contributed by atoms with Crippen LogP contribution in [0.1, 0.15) is 38.3 Å². The van der Waals surface area contributed by atoms with Crippen LogP contribution in [0.2, 0.25) is 5.02 Å². The summed E-state index contributed by atoms with van der Waals surface area (Å²) in [6.07, 6.45) is 0.794. The number of nitro benzene ring substituents is 1. The van der Waals surface area contributed by atoms with E-state index in [0.717, 1.165) is 17.5 Å². The highest BCUT2D eigenvalue weighted by atomic mass is 35.5. The van der Waals surface area contributed by atoms with Gasteiger partial charge in [-0.15, -0.1) is 11.8 Å². The normalized spacial score (nSPS) is 12.6. The summed E-state index contributed by atoms with van der Waals surface area (Å²) in [5.74, 6) is 0.309. The summed E-state index contributed by atoms with van der Waals surface area (Å²) in [4.78, 5) is 37.7. The van der Waals surface area contributed by atoms with Crippen LogP contribution in [0.15, 0.2) is 48.5 Å². The Morgan fingerprint density at radius 3 is 2.41 bits per heavy atom. The summed E-state index contributed by atoms with van der Waals surface area (Å²) in [5.41, 5.74) is 1.68. The second kappa shape index (κ2) is 12.5. The number of hydrogen-bond donors (Lipinski definition) is 1. The van der Waals surface area contributed by atoms with Crippen LogP contribution in [-0.2, 0) is 21.9 Å². The molecule has 0 saturated heterocycles. The zero-order valence-corrected chi connectivity index (χ0v) is 20.0. The summed E-state index contributed by atoms with van der Waals surface area (Å²) in [7, 11) is 0. The molecule has 2 amide bonds. The molecule has 172 valence electrons. The molecule has 32 heavy (non-hydrogen) atoms. The number of carbonyl (C=O) groups is 2. The maximum Gasteiger partial charge on any atom is 0.269 e. The van der Waals surface area contributed by atoms with Gasteiger partial charge in [0.2, 0.25) is 11.8 Å². The van der Waals surface area contributed by atoms with Gasteiger partial charge in [-0.05, 0) is 37.5 Å². The van der Waals surface area contributed by atoms with Crippen LogP contribution in [0.5, 0.6) is 0 Å². The lowest BCUT2D eigenvalue weighted by atomic mass is 10.1. The van der Waals surface area contributed by atoms with Gasteiger partial charge >= 0.3 is 0 Å². The molecule has 0 saturated carbocycles. The van der Waals surface area contributed by atoms with Crippen LogP contribution in [0.4, 0.5) is 5.69 Å². The zero-order valence-electron chi connectivity index (χ0n) is 18.4. The Kier molecular flexibility index (Phi) is 9.99. The number of nitrogens with one attached hydrogen (secondary N) is 1. The predicted molar refractivity (Wildman–Crippen MR) is 129 cm³/mol. The summed E-state index contributed by atoms with van der Waals surface area (Å²) < 4.78 is 0. The number of nitro groups is 1. The molecule has 2 rings (SSSR count). The van der Waals surface area contributed by atoms with E-state index in [9.17, 15) is 19.7 Å². The molecule has 0 fully saturated rings. The molecule has 0 radical (unpaired) electrons. The quantitative estimate of drug-likeness (QED) is 0.370. The van der Waals surface area contributed by atoms with E-state index in [1.807, 2.05) is 32.0 Å². The molecule has 0 unspecified atom stereocenters. The molecule has 0 aliphatic carbocycles. The van der Waals surface area contributed by atoms with E-state index in [1.165, 1.54) is 23.9 Å². The number of halogens is 1. The van der Waals surface area contributed by atoms with Crippen molar-refractivity contribution in [3.63, 3.8) is 0 Å². The second-order valence-electron chi connectivity index (χ2n) is 7.52. The fourth-order valence-corrected chi connectivity index (χ4v) is 3.98. The number of rotatable bonds is 11. The Morgan fingerprint density at radius 1 is 1.16 bits per heavy atom. The Bertz CT molecular complexity index is 939. The van der Waals surface area contributed by atoms with Crippen LogP contribution < -0.4 is 5.32 Å². The average Bonchev–Trinajstić information content (AvgIpc) is 2.78. The van der Waals surface area contributed by atoms with Gasteiger partial charge in [-0.1, -0.05) is 48.9 Å². The van der Waals surface area contributed by atoms with E-state index in [0.29, 0.717) is 10.8 Å². The second-order valence-corrected chi connectivity index (χ2v) is 8.92. The van der Waals surface area contributed by atoms with E-state index < -0.39 is 11.0 Å². The Morgan fingerprint density at radius 2 is 1.81 bits per heavy atom. The Balaban J connectivity index is 2.07. The molecule has 0 heterocycles. The molecule has 0 aliphatic rings. The molecule has 0 bridgehead atoms. The maximum atomic E-state index is 13.1. The highest BCUT2D eigenvalue weighted by molar-refractivity contribution is 7.99. The number of carbonyl (C=O) groups excluding carboxylic acids is 2.